The minimum Gasteiger partial charge on any atom is -0.382 e. The van der Waals surface area contributed by atoms with E-state index in [4.69, 9.17) is 0 Å². The van der Waals surface area contributed by atoms with E-state index in [0.29, 0.717) is 19.3 Å². The molecule has 4 nitrogen and oxygen atoms in total. The van der Waals surface area contributed by atoms with E-state index in [1.165, 1.54) is 6.92 Å². The Kier molecular flexibility index (Phi) is 2.02. The van der Waals surface area contributed by atoms with Crippen molar-refractivity contribution in [3.8, 4) is 0 Å². The summed E-state index contributed by atoms with van der Waals surface area (Å²) in [5.74, 6) is -0.523. The number of fused-ring (bicyclic) bond motifs is 1. The van der Waals surface area contributed by atoms with Gasteiger partial charge < -0.3 is 5.11 Å². The number of carbonyl (C=O) groups is 1. The largest absolute Gasteiger partial charge is 0.382 e. The number of hydrogen-bond donors (Lipinski definition) is 1. The van der Waals surface area contributed by atoms with Crippen LogP contribution in [0.25, 0.3) is 0 Å². The second kappa shape index (κ2) is 2.79. The Labute approximate surface area is 83.2 Å². The fourth-order valence-corrected chi connectivity index (χ4v) is 5.01. The third kappa shape index (κ3) is 1.15. The van der Waals surface area contributed by atoms with Crippen LogP contribution in [0.2, 0.25) is 0 Å². The molecule has 2 fully saturated rings. The van der Waals surface area contributed by atoms with Gasteiger partial charge in [-0.1, -0.05) is 0 Å². The Bertz CT molecular complexity index is 372. The molecule has 0 bridgehead atoms. The molecule has 3 atom stereocenters. The molecule has 0 aromatic rings. The maximum atomic E-state index is 11.5. The van der Waals surface area contributed by atoms with E-state index in [9.17, 15) is 18.3 Å². The molecule has 1 N–H and O–H groups in total. The van der Waals surface area contributed by atoms with Gasteiger partial charge in [-0.05, 0) is 26.2 Å². The minimum atomic E-state index is -3.04. The van der Waals surface area contributed by atoms with Crippen molar-refractivity contribution in [2.75, 3.05) is 5.75 Å². The summed E-state index contributed by atoms with van der Waals surface area (Å²) < 4.78 is 23.1. The number of sulfone groups is 1. The lowest BCUT2D eigenvalue weighted by Crippen LogP contribution is -2.42. The predicted octanol–water partition coefficient (Wildman–Crippen LogP) is -0.0964. The Morgan fingerprint density at radius 3 is 2.64 bits per heavy atom. The molecule has 5 heteroatoms. The summed E-state index contributed by atoms with van der Waals surface area (Å²) in [7, 11) is -3.04. The summed E-state index contributed by atoms with van der Waals surface area (Å²) in [5.41, 5.74) is -1.37. The van der Waals surface area contributed by atoms with Crippen molar-refractivity contribution in [3.63, 3.8) is 0 Å². The van der Waals surface area contributed by atoms with E-state index in [1.807, 2.05) is 0 Å². The average Bonchev–Trinajstić information content (AvgIpc) is 2.54. The van der Waals surface area contributed by atoms with Gasteiger partial charge in [0, 0.05) is 5.92 Å². The summed E-state index contributed by atoms with van der Waals surface area (Å²) >= 11 is 0. The van der Waals surface area contributed by atoms with Crippen molar-refractivity contribution in [1.82, 2.24) is 0 Å². The zero-order valence-electron chi connectivity index (χ0n) is 8.06. The lowest BCUT2D eigenvalue weighted by molar-refractivity contribution is -0.138. The third-order valence-electron chi connectivity index (χ3n) is 3.66. The van der Waals surface area contributed by atoms with Crippen LogP contribution in [-0.2, 0) is 14.6 Å². The molecule has 1 aliphatic carbocycles. The van der Waals surface area contributed by atoms with Crippen LogP contribution in [0.1, 0.15) is 26.2 Å². The molecule has 0 radical (unpaired) electrons. The zero-order chi connectivity index (χ0) is 10.6. The average molecular weight is 218 g/mol. The Balaban J connectivity index is 2.37. The summed E-state index contributed by atoms with van der Waals surface area (Å²) in [6, 6.07) is 0. The Hall–Kier alpha value is -0.420. The molecule has 0 unspecified atom stereocenters. The van der Waals surface area contributed by atoms with E-state index in [2.05, 4.69) is 0 Å². The zero-order valence-corrected chi connectivity index (χ0v) is 8.88. The van der Waals surface area contributed by atoms with Gasteiger partial charge in [-0.25, -0.2) is 8.42 Å². The van der Waals surface area contributed by atoms with Crippen molar-refractivity contribution in [1.29, 1.82) is 0 Å². The van der Waals surface area contributed by atoms with Crippen LogP contribution < -0.4 is 0 Å². The van der Waals surface area contributed by atoms with Gasteiger partial charge >= 0.3 is 0 Å². The standard InChI is InChI=1S/C9H14O4S/c1-6(10)9(11)4-2-8-7(9)3-5-14(8,12)13/h7-8,11H,2-5H2,1H3/t7-,8-,9-/m0/s1. The smallest absolute Gasteiger partial charge is 0.161 e. The van der Waals surface area contributed by atoms with Gasteiger partial charge in [0.1, 0.15) is 5.60 Å². The van der Waals surface area contributed by atoms with Crippen LogP contribution in [0.4, 0.5) is 0 Å². The van der Waals surface area contributed by atoms with Gasteiger partial charge in [-0.3, -0.25) is 4.79 Å². The van der Waals surface area contributed by atoms with Crippen LogP contribution in [0, 0.1) is 5.92 Å². The van der Waals surface area contributed by atoms with Gasteiger partial charge in [0.05, 0.1) is 11.0 Å². The van der Waals surface area contributed by atoms with Crippen molar-refractivity contribution >= 4 is 15.6 Å². The highest BCUT2D eigenvalue weighted by molar-refractivity contribution is 7.92. The quantitative estimate of drug-likeness (QED) is 0.667. The first-order valence-corrected chi connectivity index (χ1v) is 6.54. The van der Waals surface area contributed by atoms with Crippen LogP contribution in [-0.4, -0.2) is 35.9 Å². The topological polar surface area (TPSA) is 71.4 Å². The van der Waals surface area contributed by atoms with Crippen molar-refractivity contribution in [3.05, 3.63) is 0 Å². The molecule has 2 aliphatic rings. The molecule has 14 heavy (non-hydrogen) atoms. The molecule has 0 amide bonds. The highest BCUT2D eigenvalue weighted by atomic mass is 32.2. The molecular weight excluding hydrogens is 204 g/mol. The lowest BCUT2D eigenvalue weighted by atomic mass is 9.86. The summed E-state index contributed by atoms with van der Waals surface area (Å²) in [5, 5.41) is 9.58. The predicted molar refractivity (Wildman–Crippen MR) is 50.5 cm³/mol. The molecular formula is C9H14O4S. The van der Waals surface area contributed by atoms with Gasteiger partial charge in [-0.2, -0.15) is 0 Å². The van der Waals surface area contributed by atoms with Gasteiger partial charge in [-0.15, -0.1) is 0 Å². The molecule has 0 spiro atoms. The fourth-order valence-electron chi connectivity index (χ4n) is 2.79. The van der Waals surface area contributed by atoms with Crippen LogP contribution in [0.5, 0.6) is 0 Å². The van der Waals surface area contributed by atoms with E-state index in [0.717, 1.165) is 0 Å². The van der Waals surface area contributed by atoms with Crippen LogP contribution >= 0.6 is 0 Å². The molecule has 1 aliphatic heterocycles. The third-order valence-corrected chi connectivity index (χ3v) is 5.95. The first kappa shape index (κ1) is 10.1. The second-order valence-electron chi connectivity index (χ2n) is 4.32. The first-order chi connectivity index (χ1) is 6.38. The molecule has 0 aromatic heterocycles. The highest BCUT2D eigenvalue weighted by Crippen LogP contribution is 2.46. The number of Topliss-reactive ketones (excluding diaryl/α,β-unsaturated/α-hetero) is 1. The van der Waals surface area contributed by atoms with Gasteiger partial charge in [0.15, 0.2) is 15.6 Å². The van der Waals surface area contributed by atoms with E-state index < -0.39 is 20.7 Å². The SMILES string of the molecule is CC(=O)[C@@]1(O)CC[C@H]2[C@@H]1CCS2(=O)=O. The van der Waals surface area contributed by atoms with Crippen molar-refractivity contribution in [2.45, 2.75) is 37.0 Å². The minimum absolute atomic E-state index is 0.123. The molecule has 2 rings (SSSR count). The van der Waals surface area contributed by atoms with Crippen molar-refractivity contribution < 1.29 is 18.3 Å². The molecule has 1 heterocycles. The Morgan fingerprint density at radius 1 is 1.43 bits per heavy atom. The molecule has 1 saturated carbocycles. The van der Waals surface area contributed by atoms with E-state index in [-0.39, 0.29) is 17.5 Å². The highest BCUT2D eigenvalue weighted by Gasteiger charge is 2.57. The molecule has 0 aromatic carbocycles. The number of hydrogen-bond acceptors (Lipinski definition) is 4. The maximum absolute atomic E-state index is 11.5. The van der Waals surface area contributed by atoms with E-state index in [1.54, 1.807) is 0 Å². The van der Waals surface area contributed by atoms with Crippen LogP contribution in [0.15, 0.2) is 0 Å². The summed E-state index contributed by atoms with van der Waals surface area (Å²) in [6.45, 7) is 1.34. The first-order valence-electron chi connectivity index (χ1n) is 4.83. The number of aliphatic hydroxyl groups is 1. The molecule has 1 saturated heterocycles. The van der Waals surface area contributed by atoms with Gasteiger partial charge in [0.2, 0.25) is 0 Å². The van der Waals surface area contributed by atoms with Crippen LogP contribution in [0.3, 0.4) is 0 Å². The number of rotatable bonds is 1. The van der Waals surface area contributed by atoms with Gasteiger partial charge in [0.25, 0.3) is 0 Å². The normalized spacial score (nSPS) is 45.0. The van der Waals surface area contributed by atoms with Crippen molar-refractivity contribution in [2.24, 2.45) is 5.92 Å². The number of carbonyl (C=O) groups excluding carboxylic acids is 1. The lowest BCUT2D eigenvalue weighted by Gasteiger charge is -2.25. The maximum Gasteiger partial charge on any atom is 0.161 e. The second-order valence-corrected chi connectivity index (χ2v) is 6.66. The fraction of sp³-hybridized carbons (Fsp3) is 0.889. The number of ketones is 1. The van der Waals surface area contributed by atoms with E-state index >= 15 is 0 Å². The Morgan fingerprint density at radius 2 is 2.07 bits per heavy atom. The summed E-state index contributed by atoms with van der Waals surface area (Å²) in [4.78, 5) is 11.3. The molecule has 80 valence electrons. The monoisotopic (exact) mass is 218 g/mol. The summed E-state index contributed by atoms with van der Waals surface area (Å²) in [6.07, 6.45) is 1.17.